The predicted octanol–water partition coefficient (Wildman–Crippen LogP) is 4.15. The van der Waals surface area contributed by atoms with Crippen LogP contribution in [0.4, 0.5) is 15.8 Å². The number of esters is 1. The number of nitrogens with one attached hydrogen (secondary N) is 1. The fraction of sp³-hybridized carbons (Fsp3) is 0.200. The van der Waals surface area contributed by atoms with Gasteiger partial charge in [-0.3, -0.25) is 9.52 Å². The Balaban J connectivity index is 1.52. The highest BCUT2D eigenvalue weighted by Crippen LogP contribution is 2.32. The van der Waals surface area contributed by atoms with Crippen molar-refractivity contribution < 1.29 is 27.1 Å². The first-order valence-electron chi connectivity index (χ1n) is 10.7. The summed E-state index contributed by atoms with van der Waals surface area (Å²) in [4.78, 5) is 27.5. The topological polar surface area (TPSA) is 92.8 Å². The molecular formula is C25H23FN2O5S. The van der Waals surface area contributed by atoms with Crippen molar-refractivity contribution in [1.82, 2.24) is 0 Å². The fourth-order valence-electron chi connectivity index (χ4n) is 3.94. The lowest BCUT2D eigenvalue weighted by molar-refractivity contribution is -0.126. The summed E-state index contributed by atoms with van der Waals surface area (Å²) in [5.74, 6) is -1.79. The van der Waals surface area contributed by atoms with E-state index in [2.05, 4.69) is 4.72 Å². The Labute approximate surface area is 197 Å². The van der Waals surface area contributed by atoms with Crippen molar-refractivity contribution in [3.8, 4) is 0 Å². The molecule has 0 saturated carbocycles. The van der Waals surface area contributed by atoms with Crippen molar-refractivity contribution in [2.45, 2.75) is 37.3 Å². The molecule has 3 aromatic carbocycles. The monoisotopic (exact) mass is 482 g/mol. The summed E-state index contributed by atoms with van der Waals surface area (Å²) < 4.78 is 46.3. The van der Waals surface area contributed by atoms with Gasteiger partial charge in [0.2, 0.25) is 0 Å². The van der Waals surface area contributed by atoms with Crippen molar-refractivity contribution in [1.29, 1.82) is 0 Å². The minimum Gasteiger partial charge on any atom is -0.449 e. The van der Waals surface area contributed by atoms with Crippen LogP contribution < -0.4 is 9.62 Å². The number of amides is 1. The van der Waals surface area contributed by atoms with E-state index < -0.39 is 27.9 Å². The molecule has 4 rings (SSSR count). The zero-order chi connectivity index (χ0) is 24.5. The number of carbonyl (C=O) groups excluding carboxylic acids is 2. The summed E-state index contributed by atoms with van der Waals surface area (Å²) in [5, 5.41) is 0. The molecule has 1 amide bonds. The van der Waals surface area contributed by atoms with Crippen LogP contribution in [-0.4, -0.2) is 32.4 Å². The van der Waals surface area contributed by atoms with Gasteiger partial charge in [-0.05, 0) is 68.3 Å². The van der Waals surface area contributed by atoms with Gasteiger partial charge in [0.1, 0.15) is 5.82 Å². The number of para-hydroxylation sites is 2. The average Bonchev–Trinajstić information content (AvgIpc) is 3.14. The summed E-state index contributed by atoms with van der Waals surface area (Å²) in [6, 6.07) is 17.7. The largest absolute Gasteiger partial charge is 0.449 e. The van der Waals surface area contributed by atoms with Crippen molar-refractivity contribution in [3.63, 3.8) is 0 Å². The molecule has 2 atom stereocenters. The quantitative estimate of drug-likeness (QED) is 0.533. The van der Waals surface area contributed by atoms with Gasteiger partial charge in [0.05, 0.1) is 16.1 Å². The first-order chi connectivity index (χ1) is 16.2. The molecule has 0 aromatic heterocycles. The minimum absolute atomic E-state index is 0.0173. The molecule has 0 spiro atoms. The van der Waals surface area contributed by atoms with Crippen molar-refractivity contribution >= 4 is 33.3 Å². The number of benzene rings is 3. The molecule has 0 saturated heterocycles. The Bertz CT molecular complexity index is 1340. The molecule has 1 heterocycles. The number of hydrogen-bond donors (Lipinski definition) is 1. The first-order valence-corrected chi connectivity index (χ1v) is 12.1. The van der Waals surface area contributed by atoms with E-state index in [0.717, 1.165) is 35.5 Å². The second kappa shape index (κ2) is 9.26. The molecule has 7 nitrogen and oxygen atoms in total. The van der Waals surface area contributed by atoms with E-state index >= 15 is 0 Å². The summed E-state index contributed by atoms with van der Waals surface area (Å²) >= 11 is 0. The Morgan fingerprint density at radius 3 is 2.41 bits per heavy atom. The second-order valence-electron chi connectivity index (χ2n) is 8.04. The van der Waals surface area contributed by atoms with E-state index in [1.54, 1.807) is 17.0 Å². The van der Waals surface area contributed by atoms with Gasteiger partial charge in [0.25, 0.3) is 15.9 Å². The molecule has 9 heteroatoms. The van der Waals surface area contributed by atoms with E-state index in [9.17, 15) is 22.4 Å². The summed E-state index contributed by atoms with van der Waals surface area (Å²) in [7, 11) is -4.08. The number of fused-ring (bicyclic) bond motifs is 1. The Hall–Kier alpha value is -3.72. The van der Waals surface area contributed by atoms with E-state index in [0.29, 0.717) is 6.42 Å². The number of nitrogens with zero attached hydrogens (tertiary/aromatic N) is 1. The number of rotatable bonds is 6. The third-order valence-electron chi connectivity index (χ3n) is 5.59. The highest BCUT2D eigenvalue weighted by atomic mass is 32.2. The molecule has 176 valence electrons. The molecule has 0 unspecified atom stereocenters. The van der Waals surface area contributed by atoms with E-state index in [1.165, 1.54) is 19.1 Å². The molecule has 0 fully saturated rings. The molecule has 1 N–H and O–H groups in total. The van der Waals surface area contributed by atoms with Crippen molar-refractivity contribution in [2.24, 2.45) is 0 Å². The maximum absolute atomic E-state index is 13.2. The summed E-state index contributed by atoms with van der Waals surface area (Å²) in [6.45, 7) is 3.41. The number of ether oxygens (including phenoxy) is 1. The van der Waals surface area contributed by atoms with Crippen LogP contribution in [0.25, 0.3) is 0 Å². The molecule has 0 bridgehead atoms. The van der Waals surface area contributed by atoms with Gasteiger partial charge in [-0.2, -0.15) is 0 Å². The average molecular weight is 483 g/mol. The van der Waals surface area contributed by atoms with Gasteiger partial charge in [-0.15, -0.1) is 0 Å². The van der Waals surface area contributed by atoms with Crippen LogP contribution in [0.5, 0.6) is 0 Å². The molecule has 1 aliphatic rings. The highest BCUT2D eigenvalue weighted by molar-refractivity contribution is 7.92. The zero-order valence-electron chi connectivity index (χ0n) is 18.6. The van der Waals surface area contributed by atoms with Gasteiger partial charge < -0.3 is 9.64 Å². The number of carbonyl (C=O) groups is 2. The van der Waals surface area contributed by atoms with Gasteiger partial charge >= 0.3 is 5.97 Å². The lowest BCUT2D eigenvalue weighted by Crippen LogP contribution is -2.43. The first kappa shape index (κ1) is 23.4. The smallest absolute Gasteiger partial charge is 0.341 e. The van der Waals surface area contributed by atoms with E-state index in [4.69, 9.17) is 4.74 Å². The third kappa shape index (κ3) is 4.65. The standard InChI is InChI=1S/C25H23FN2O5S/c1-16-15-18-7-3-6-10-23(18)28(16)24(29)17(2)33-25(30)21-8-4-5-9-22(21)27-34(31,32)20-13-11-19(26)12-14-20/h3-14,16-17,27H,15H2,1-2H3/t16-,17+/m1/s1. The lowest BCUT2D eigenvalue weighted by Gasteiger charge is -2.26. The predicted molar refractivity (Wildman–Crippen MR) is 126 cm³/mol. The highest BCUT2D eigenvalue weighted by Gasteiger charge is 2.35. The number of sulfonamides is 1. The normalized spacial score (nSPS) is 16.0. The van der Waals surface area contributed by atoms with Gasteiger partial charge in [-0.1, -0.05) is 30.3 Å². The SMILES string of the molecule is C[C@H](OC(=O)c1ccccc1NS(=O)(=O)c1ccc(F)cc1)C(=O)N1c2ccccc2C[C@H]1C. The Kier molecular flexibility index (Phi) is 6.39. The molecule has 3 aromatic rings. The van der Waals surface area contributed by atoms with Gasteiger partial charge in [0.15, 0.2) is 6.10 Å². The maximum Gasteiger partial charge on any atom is 0.341 e. The molecule has 0 aliphatic carbocycles. The van der Waals surface area contributed by atoms with Crippen LogP contribution in [0.1, 0.15) is 29.8 Å². The second-order valence-corrected chi connectivity index (χ2v) is 9.73. The van der Waals surface area contributed by atoms with E-state index in [-0.39, 0.29) is 28.1 Å². The third-order valence-corrected chi connectivity index (χ3v) is 6.97. The van der Waals surface area contributed by atoms with Crippen LogP contribution in [-0.2, 0) is 26.0 Å². The Morgan fingerprint density at radius 1 is 1.03 bits per heavy atom. The molecular weight excluding hydrogens is 459 g/mol. The Morgan fingerprint density at radius 2 is 1.68 bits per heavy atom. The van der Waals surface area contributed by atoms with Crippen molar-refractivity contribution in [3.05, 3.63) is 89.7 Å². The van der Waals surface area contributed by atoms with Gasteiger partial charge in [-0.25, -0.2) is 17.6 Å². The number of anilines is 2. The fourth-order valence-corrected chi connectivity index (χ4v) is 5.02. The summed E-state index contributed by atoms with van der Waals surface area (Å²) in [5.41, 5.74) is 1.76. The number of halogens is 1. The minimum atomic E-state index is -4.08. The molecule has 1 aliphatic heterocycles. The lowest BCUT2D eigenvalue weighted by atomic mass is 10.1. The summed E-state index contributed by atoms with van der Waals surface area (Å²) in [6.07, 6.45) is -0.390. The molecule has 0 radical (unpaired) electrons. The van der Waals surface area contributed by atoms with Crippen molar-refractivity contribution in [2.75, 3.05) is 9.62 Å². The van der Waals surface area contributed by atoms with Crippen LogP contribution >= 0.6 is 0 Å². The van der Waals surface area contributed by atoms with Gasteiger partial charge in [0, 0.05) is 11.7 Å². The zero-order valence-corrected chi connectivity index (χ0v) is 19.4. The maximum atomic E-state index is 13.2. The number of hydrogen-bond acceptors (Lipinski definition) is 5. The van der Waals surface area contributed by atoms with Crippen LogP contribution in [0.3, 0.4) is 0 Å². The van der Waals surface area contributed by atoms with Crippen LogP contribution in [0.2, 0.25) is 0 Å². The van der Waals surface area contributed by atoms with Crippen LogP contribution in [0.15, 0.2) is 77.7 Å². The van der Waals surface area contributed by atoms with E-state index in [1.807, 2.05) is 31.2 Å². The molecule has 34 heavy (non-hydrogen) atoms. The van der Waals surface area contributed by atoms with Crippen LogP contribution in [0, 0.1) is 5.82 Å².